The Hall–Kier alpha value is 0.270. The molecular weight excluding hydrogens is 196 g/mol. The van der Waals surface area contributed by atoms with Crippen LogP contribution in [0.25, 0.3) is 0 Å². The van der Waals surface area contributed by atoms with E-state index in [1.807, 2.05) is 0 Å². The van der Waals surface area contributed by atoms with Crippen LogP contribution < -0.4 is 0 Å². The smallest absolute Gasteiger partial charge is 0.0600 e. The maximum atomic E-state index is 5.84. The van der Waals surface area contributed by atoms with Crippen LogP contribution in [0.3, 0.4) is 0 Å². The zero-order valence-electron chi connectivity index (χ0n) is 9.24. The van der Waals surface area contributed by atoms with Gasteiger partial charge in [-0.15, -0.1) is 0 Å². The summed E-state index contributed by atoms with van der Waals surface area (Å²) in [7, 11) is 1.80. The Labute approximate surface area is 92.8 Å². The molecule has 0 amide bonds. The molecule has 3 atom stereocenters. The van der Waals surface area contributed by atoms with Crippen LogP contribution in [-0.4, -0.2) is 31.7 Å². The second-order valence-corrected chi connectivity index (χ2v) is 4.63. The molecule has 3 heteroatoms. The van der Waals surface area contributed by atoms with E-state index in [9.17, 15) is 0 Å². The van der Waals surface area contributed by atoms with Gasteiger partial charge >= 0.3 is 0 Å². The van der Waals surface area contributed by atoms with E-state index in [0.29, 0.717) is 18.1 Å². The van der Waals surface area contributed by atoms with Crippen LogP contribution in [0, 0.1) is 5.92 Å². The van der Waals surface area contributed by atoms with Gasteiger partial charge in [-0.25, -0.2) is 0 Å². The van der Waals surface area contributed by atoms with Crippen molar-refractivity contribution in [2.45, 2.75) is 44.8 Å². The van der Waals surface area contributed by atoms with Gasteiger partial charge < -0.3 is 9.47 Å². The van der Waals surface area contributed by atoms with Crippen LogP contribution in [0.4, 0.5) is 0 Å². The number of rotatable bonds is 5. The first-order valence-corrected chi connectivity index (χ1v) is 6.14. The number of hydrogen-bond acceptors (Lipinski definition) is 3. The molecule has 3 unspecified atom stereocenters. The maximum Gasteiger partial charge on any atom is 0.0600 e. The van der Waals surface area contributed by atoms with Crippen LogP contribution in [0.1, 0.15) is 32.6 Å². The van der Waals surface area contributed by atoms with Gasteiger partial charge in [0.05, 0.1) is 18.8 Å². The van der Waals surface area contributed by atoms with E-state index < -0.39 is 0 Å². The summed E-state index contributed by atoms with van der Waals surface area (Å²) in [4.78, 5) is 0. The Morgan fingerprint density at radius 3 is 2.71 bits per heavy atom. The molecule has 0 radical (unpaired) electrons. The summed E-state index contributed by atoms with van der Waals surface area (Å²) in [5.41, 5.74) is 0. The number of methoxy groups -OCH3 is 1. The van der Waals surface area contributed by atoms with E-state index in [1.54, 1.807) is 7.11 Å². The summed E-state index contributed by atoms with van der Waals surface area (Å²) >= 11 is 4.24. The average Bonchev–Trinajstić information content (AvgIpc) is 2.26. The second-order valence-electron chi connectivity index (χ2n) is 4.27. The van der Waals surface area contributed by atoms with E-state index >= 15 is 0 Å². The molecule has 1 rings (SSSR count). The summed E-state index contributed by atoms with van der Waals surface area (Å²) in [6.45, 7) is 3.01. The predicted octanol–water partition coefficient (Wildman–Crippen LogP) is 2.53. The minimum atomic E-state index is 0.413. The summed E-state index contributed by atoms with van der Waals surface area (Å²) < 4.78 is 11.2. The summed E-state index contributed by atoms with van der Waals surface area (Å²) in [6, 6.07) is 0. The first kappa shape index (κ1) is 12.3. The highest BCUT2D eigenvalue weighted by Crippen LogP contribution is 2.23. The second kappa shape index (κ2) is 6.70. The molecule has 0 heterocycles. The van der Waals surface area contributed by atoms with Crippen LogP contribution >= 0.6 is 12.6 Å². The van der Waals surface area contributed by atoms with E-state index in [-0.39, 0.29) is 0 Å². The van der Waals surface area contributed by atoms with Crippen molar-refractivity contribution < 1.29 is 9.47 Å². The molecule has 14 heavy (non-hydrogen) atoms. The third-order valence-electron chi connectivity index (χ3n) is 2.84. The fourth-order valence-corrected chi connectivity index (χ4v) is 1.93. The highest BCUT2D eigenvalue weighted by Gasteiger charge is 2.22. The van der Waals surface area contributed by atoms with Crippen molar-refractivity contribution in [2.24, 2.45) is 5.92 Å². The molecule has 0 spiro atoms. The van der Waals surface area contributed by atoms with Gasteiger partial charge in [-0.3, -0.25) is 0 Å². The van der Waals surface area contributed by atoms with Gasteiger partial charge in [0.1, 0.15) is 0 Å². The lowest BCUT2D eigenvalue weighted by Gasteiger charge is -2.28. The quantitative estimate of drug-likeness (QED) is 0.715. The molecule has 0 bridgehead atoms. The highest BCUT2D eigenvalue weighted by atomic mass is 32.1. The fourth-order valence-electron chi connectivity index (χ4n) is 1.82. The molecule has 0 N–H and O–H groups in total. The molecule has 0 saturated heterocycles. The van der Waals surface area contributed by atoms with Gasteiger partial charge in [-0.05, 0) is 37.4 Å². The zero-order chi connectivity index (χ0) is 10.4. The van der Waals surface area contributed by atoms with E-state index in [4.69, 9.17) is 9.47 Å². The molecule has 84 valence electrons. The van der Waals surface area contributed by atoms with Crippen molar-refractivity contribution >= 4 is 12.6 Å². The van der Waals surface area contributed by atoms with Crippen molar-refractivity contribution in [2.75, 3.05) is 19.5 Å². The summed E-state index contributed by atoms with van der Waals surface area (Å²) in [5.74, 6) is 1.46. The number of hydrogen-bond donors (Lipinski definition) is 1. The van der Waals surface area contributed by atoms with E-state index in [1.165, 1.54) is 19.3 Å². The van der Waals surface area contributed by atoms with Crippen LogP contribution in [-0.2, 0) is 9.47 Å². The van der Waals surface area contributed by atoms with Gasteiger partial charge in [0, 0.05) is 7.11 Å². The molecule has 0 aromatic heterocycles. The molecular formula is C11H22O2S. The molecule has 1 aliphatic rings. The predicted molar refractivity (Wildman–Crippen MR) is 62.0 cm³/mol. The normalized spacial score (nSPS) is 30.2. The Morgan fingerprint density at radius 1 is 1.36 bits per heavy atom. The van der Waals surface area contributed by atoms with Crippen LogP contribution in [0.2, 0.25) is 0 Å². The van der Waals surface area contributed by atoms with Crippen LogP contribution in [0.15, 0.2) is 0 Å². The van der Waals surface area contributed by atoms with E-state index in [0.717, 1.165) is 18.8 Å². The maximum absolute atomic E-state index is 5.84. The topological polar surface area (TPSA) is 18.5 Å². The van der Waals surface area contributed by atoms with Gasteiger partial charge in [-0.1, -0.05) is 6.92 Å². The largest absolute Gasteiger partial charge is 0.381 e. The van der Waals surface area contributed by atoms with Crippen molar-refractivity contribution in [3.8, 4) is 0 Å². The Balaban J connectivity index is 2.17. The minimum absolute atomic E-state index is 0.413. The number of thiol groups is 1. The van der Waals surface area contributed by atoms with Gasteiger partial charge in [0.15, 0.2) is 0 Å². The Kier molecular flexibility index (Phi) is 5.90. The van der Waals surface area contributed by atoms with Crippen molar-refractivity contribution in [1.29, 1.82) is 0 Å². The molecule has 1 saturated carbocycles. The third kappa shape index (κ3) is 4.20. The fraction of sp³-hybridized carbons (Fsp3) is 1.00. The Morgan fingerprint density at radius 2 is 2.07 bits per heavy atom. The van der Waals surface area contributed by atoms with Crippen molar-refractivity contribution in [3.05, 3.63) is 0 Å². The standard InChI is InChI=1S/C11H22O2S/c1-9(8-14)7-13-11-5-3-4-10(6-11)12-2/h9-11,14H,3-8H2,1-2H3. The van der Waals surface area contributed by atoms with Gasteiger partial charge in [0.2, 0.25) is 0 Å². The lowest BCUT2D eigenvalue weighted by molar-refractivity contribution is -0.0365. The zero-order valence-corrected chi connectivity index (χ0v) is 10.1. The van der Waals surface area contributed by atoms with Crippen LogP contribution in [0.5, 0.6) is 0 Å². The van der Waals surface area contributed by atoms with Gasteiger partial charge in [0.25, 0.3) is 0 Å². The monoisotopic (exact) mass is 218 g/mol. The molecule has 0 aromatic carbocycles. The lowest BCUT2D eigenvalue weighted by Crippen LogP contribution is -2.28. The molecule has 0 aliphatic heterocycles. The first-order valence-electron chi connectivity index (χ1n) is 5.51. The highest BCUT2D eigenvalue weighted by molar-refractivity contribution is 7.80. The minimum Gasteiger partial charge on any atom is -0.381 e. The molecule has 2 nitrogen and oxygen atoms in total. The SMILES string of the molecule is COC1CCCC(OCC(C)CS)C1. The summed E-state index contributed by atoms with van der Waals surface area (Å²) in [5, 5.41) is 0. The molecule has 0 aromatic rings. The lowest BCUT2D eigenvalue weighted by atomic mass is 9.95. The summed E-state index contributed by atoms with van der Waals surface area (Å²) in [6.07, 6.45) is 5.52. The van der Waals surface area contributed by atoms with E-state index in [2.05, 4.69) is 19.6 Å². The average molecular weight is 218 g/mol. The third-order valence-corrected chi connectivity index (χ3v) is 3.46. The molecule has 1 aliphatic carbocycles. The number of ether oxygens (including phenoxy) is 2. The van der Waals surface area contributed by atoms with Gasteiger partial charge in [-0.2, -0.15) is 12.6 Å². The first-order chi connectivity index (χ1) is 6.76. The van der Waals surface area contributed by atoms with Crippen molar-refractivity contribution in [1.82, 2.24) is 0 Å². The Bertz CT molecular complexity index is 152. The van der Waals surface area contributed by atoms with Crippen molar-refractivity contribution in [3.63, 3.8) is 0 Å². The molecule has 1 fully saturated rings.